The smallest absolute Gasteiger partial charge is 0.171 e. The number of thiazole rings is 1. The number of hydrogen-bond donors (Lipinski definition) is 2. The van der Waals surface area contributed by atoms with Gasteiger partial charge in [-0.2, -0.15) is 0 Å². The molecular weight excluding hydrogens is 353 g/mol. The summed E-state index contributed by atoms with van der Waals surface area (Å²) in [5, 5.41) is 10.0. The Labute approximate surface area is 155 Å². The van der Waals surface area contributed by atoms with Crippen molar-refractivity contribution < 1.29 is 4.39 Å². The Bertz CT molecular complexity index is 874. The fourth-order valence-electron chi connectivity index (χ4n) is 2.45. The van der Waals surface area contributed by atoms with Gasteiger partial charge in [0, 0.05) is 16.6 Å². The number of nitrogens with zero attached hydrogens (tertiary/aromatic N) is 1. The lowest BCUT2D eigenvalue weighted by Crippen LogP contribution is -2.30. The van der Waals surface area contributed by atoms with E-state index in [1.807, 2.05) is 43.5 Å². The molecule has 1 heterocycles. The van der Waals surface area contributed by atoms with E-state index in [0.29, 0.717) is 5.11 Å². The van der Waals surface area contributed by atoms with Crippen molar-refractivity contribution in [3.05, 3.63) is 70.3 Å². The zero-order valence-electron chi connectivity index (χ0n) is 13.9. The predicted molar refractivity (Wildman–Crippen MR) is 106 cm³/mol. The van der Waals surface area contributed by atoms with Crippen LogP contribution in [0.2, 0.25) is 0 Å². The van der Waals surface area contributed by atoms with Gasteiger partial charge < -0.3 is 10.6 Å². The molecule has 0 fully saturated rings. The van der Waals surface area contributed by atoms with Gasteiger partial charge in [0.2, 0.25) is 0 Å². The van der Waals surface area contributed by atoms with Crippen LogP contribution in [-0.2, 0) is 0 Å². The molecule has 0 saturated heterocycles. The highest BCUT2D eigenvalue weighted by Gasteiger charge is 2.08. The van der Waals surface area contributed by atoms with Gasteiger partial charge >= 0.3 is 0 Å². The zero-order chi connectivity index (χ0) is 17.8. The summed E-state index contributed by atoms with van der Waals surface area (Å²) in [4.78, 5) is 4.51. The Kier molecular flexibility index (Phi) is 5.40. The average Bonchev–Trinajstić information content (AvgIpc) is 3.02. The van der Waals surface area contributed by atoms with E-state index in [9.17, 15) is 4.39 Å². The number of hydrogen-bond acceptors (Lipinski definition) is 3. The van der Waals surface area contributed by atoms with Crippen LogP contribution in [0.25, 0.3) is 11.3 Å². The van der Waals surface area contributed by atoms with Crippen LogP contribution in [-0.4, -0.2) is 10.1 Å². The first kappa shape index (κ1) is 17.5. The highest BCUT2D eigenvalue weighted by Crippen LogP contribution is 2.24. The van der Waals surface area contributed by atoms with Crippen LogP contribution in [0.3, 0.4) is 0 Å². The molecule has 0 aliphatic rings. The van der Waals surface area contributed by atoms with E-state index in [-0.39, 0.29) is 11.9 Å². The molecule has 0 aliphatic heterocycles. The Morgan fingerprint density at radius 2 is 1.96 bits per heavy atom. The van der Waals surface area contributed by atoms with Crippen LogP contribution in [0.4, 0.5) is 10.1 Å². The van der Waals surface area contributed by atoms with Crippen molar-refractivity contribution in [2.24, 2.45) is 0 Å². The number of aromatic nitrogens is 1. The Balaban J connectivity index is 1.65. The molecule has 0 amide bonds. The number of aryl methyl sites for hydroxylation is 1. The molecule has 3 nitrogen and oxygen atoms in total. The van der Waals surface area contributed by atoms with E-state index in [1.54, 1.807) is 23.5 Å². The molecule has 3 aromatic rings. The van der Waals surface area contributed by atoms with Gasteiger partial charge in [-0.05, 0) is 55.9 Å². The standard InChI is InChI=1S/C19H18FN3S2/c1-12(14-6-8-16(20)9-7-14)21-19(24)23-17-5-3-4-15(10-17)18-11-25-13(2)22-18/h3-12H,1-2H3,(H2,21,23,24)/t12-/m0/s1. The summed E-state index contributed by atoms with van der Waals surface area (Å²) in [7, 11) is 0. The van der Waals surface area contributed by atoms with Gasteiger partial charge in [0.25, 0.3) is 0 Å². The lowest BCUT2D eigenvalue weighted by Gasteiger charge is -2.17. The quantitative estimate of drug-likeness (QED) is 0.610. The molecule has 0 unspecified atom stereocenters. The fraction of sp³-hybridized carbons (Fsp3) is 0.158. The van der Waals surface area contributed by atoms with Crippen LogP contribution in [0.15, 0.2) is 53.9 Å². The van der Waals surface area contributed by atoms with E-state index in [2.05, 4.69) is 15.6 Å². The predicted octanol–water partition coefficient (Wildman–Crippen LogP) is 5.31. The maximum Gasteiger partial charge on any atom is 0.171 e. The first-order chi connectivity index (χ1) is 12.0. The fourth-order valence-corrected chi connectivity index (χ4v) is 3.37. The molecule has 2 N–H and O–H groups in total. The minimum absolute atomic E-state index is 0.0232. The molecule has 1 atom stereocenters. The SMILES string of the molecule is Cc1nc(-c2cccc(NC(=S)N[C@@H](C)c3ccc(F)cc3)c2)cs1. The molecule has 1 aromatic heterocycles. The van der Waals surface area contributed by atoms with E-state index in [1.165, 1.54) is 12.1 Å². The van der Waals surface area contributed by atoms with Crippen LogP contribution in [0, 0.1) is 12.7 Å². The first-order valence-corrected chi connectivity index (χ1v) is 9.15. The summed E-state index contributed by atoms with van der Waals surface area (Å²) in [5.41, 5.74) is 3.87. The van der Waals surface area contributed by atoms with Crippen molar-refractivity contribution in [2.45, 2.75) is 19.9 Å². The summed E-state index contributed by atoms with van der Waals surface area (Å²) in [6, 6.07) is 14.3. The molecule has 0 spiro atoms. The third-order valence-electron chi connectivity index (χ3n) is 3.75. The second-order valence-electron chi connectivity index (χ2n) is 5.70. The number of halogens is 1. The van der Waals surface area contributed by atoms with Crippen LogP contribution < -0.4 is 10.6 Å². The molecule has 0 saturated carbocycles. The molecular formula is C19H18FN3S2. The number of nitrogens with one attached hydrogen (secondary N) is 2. The summed E-state index contributed by atoms with van der Waals surface area (Å²) in [5.74, 6) is -0.245. The minimum Gasteiger partial charge on any atom is -0.356 e. The Morgan fingerprint density at radius 1 is 1.20 bits per heavy atom. The topological polar surface area (TPSA) is 37.0 Å². The van der Waals surface area contributed by atoms with Crippen molar-refractivity contribution in [3.8, 4) is 11.3 Å². The van der Waals surface area contributed by atoms with E-state index >= 15 is 0 Å². The highest BCUT2D eigenvalue weighted by molar-refractivity contribution is 7.80. The highest BCUT2D eigenvalue weighted by atomic mass is 32.1. The normalized spacial score (nSPS) is 11.8. The Morgan fingerprint density at radius 3 is 2.64 bits per heavy atom. The van der Waals surface area contributed by atoms with Crippen molar-refractivity contribution in [3.63, 3.8) is 0 Å². The number of thiocarbonyl (C=S) groups is 1. The van der Waals surface area contributed by atoms with Crippen molar-refractivity contribution in [1.82, 2.24) is 10.3 Å². The molecule has 128 valence electrons. The average molecular weight is 372 g/mol. The molecule has 0 radical (unpaired) electrons. The summed E-state index contributed by atoms with van der Waals surface area (Å²) >= 11 is 7.02. The van der Waals surface area contributed by atoms with Crippen LogP contribution >= 0.6 is 23.6 Å². The maximum atomic E-state index is 13.0. The number of rotatable bonds is 4. The second-order valence-corrected chi connectivity index (χ2v) is 7.17. The van der Waals surface area contributed by atoms with E-state index in [4.69, 9.17) is 12.2 Å². The van der Waals surface area contributed by atoms with Crippen molar-refractivity contribution >= 4 is 34.4 Å². The van der Waals surface area contributed by atoms with Gasteiger partial charge in [-0.1, -0.05) is 24.3 Å². The molecule has 6 heteroatoms. The van der Waals surface area contributed by atoms with Gasteiger partial charge in [0.05, 0.1) is 16.7 Å². The van der Waals surface area contributed by atoms with Crippen LogP contribution in [0.1, 0.15) is 23.5 Å². The summed E-state index contributed by atoms with van der Waals surface area (Å²) in [6.07, 6.45) is 0. The first-order valence-electron chi connectivity index (χ1n) is 7.87. The largest absolute Gasteiger partial charge is 0.356 e. The number of anilines is 1. The summed E-state index contributed by atoms with van der Waals surface area (Å²) < 4.78 is 13.0. The third-order valence-corrected chi connectivity index (χ3v) is 4.75. The van der Waals surface area contributed by atoms with E-state index < -0.39 is 0 Å². The zero-order valence-corrected chi connectivity index (χ0v) is 15.5. The summed E-state index contributed by atoms with van der Waals surface area (Å²) in [6.45, 7) is 3.97. The molecule has 25 heavy (non-hydrogen) atoms. The monoisotopic (exact) mass is 371 g/mol. The third kappa shape index (κ3) is 4.61. The van der Waals surface area contributed by atoms with Gasteiger partial charge in [0.15, 0.2) is 5.11 Å². The van der Waals surface area contributed by atoms with Gasteiger partial charge in [-0.3, -0.25) is 0 Å². The molecule has 2 aromatic carbocycles. The maximum absolute atomic E-state index is 13.0. The second kappa shape index (κ2) is 7.72. The lowest BCUT2D eigenvalue weighted by molar-refractivity contribution is 0.624. The molecule has 3 rings (SSSR count). The molecule has 0 aliphatic carbocycles. The van der Waals surface area contributed by atoms with Gasteiger partial charge in [0.1, 0.15) is 5.82 Å². The minimum atomic E-state index is -0.245. The van der Waals surface area contributed by atoms with Crippen LogP contribution in [0.5, 0.6) is 0 Å². The molecule has 0 bridgehead atoms. The van der Waals surface area contributed by atoms with Gasteiger partial charge in [-0.25, -0.2) is 9.37 Å². The number of benzene rings is 2. The van der Waals surface area contributed by atoms with Crippen molar-refractivity contribution in [1.29, 1.82) is 0 Å². The Hall–Kier alpha value is -2.31. The van der Waals surface area contributed by atoms with Crippen molar-refractivity contribution in [2.75, 3.05) is 5.32 Å². The van der Waals surface area contributed by atoms with Gasteiger partial charge in [-0.15, -0.1) is 11.3 Å². The lowest BCUT2D eigenvalue weighted by atomic mass is 10.1. The van der Waals surface area contributed by atoms with E-state index in [0.717, 1.165) is 27.5 Å².